The second-order valence-corrected chi connectivity index (χ2v) is 5.36. The largest absolute Gasteiger partial charge is 0.368 e. The highest BCUT2D eigenvalue weighted by Crippen LogP contribution is 2.20. The van der Waals surface area contributed by atoms with Crippen molar-refractivity contribution in [3.63, 3.8) is 0 Å². The molecule has 17 heavy (non-hydrogen) atoms. The minimum absolute atomic E-state index is 0.631. The van der Waals surface area contributed by atoms with Gasteiger partial charge in [0.25, 0.3) is 0 Å². The number of rotatable bonds is 6. The van der Waals surface area contributed by atoms with Gasteiger partial charge in [0.2, 0.25) is 0 Å². The fourth-order valence-electron chi connectivity index (χ4n) is 1.55. The van der Waals surface area contributed by atoms with Gasteiger partial charge in [0, 0.05) is 25.3 Å². The molecule has 0 aromatic carbocycles. The molecule has 0 saturated heterocycles. The predicted molar refractivity (Wildman–Crippen MR) is 77.5 cm³/mol. The number of anilines is 1. The smallest absolute Gasteiger partial charge is 0.140 e. The Morgan fingerprint density at radius 1 is 1.53 bits per heavy atom. The fourth-order valence-corrected chi connectivity index (χ4v) is 2.15. The third kappa shape index (κ3) is 4.64. The van der Waals surface area contributed by atoms with E-state index in [9.17, 15) is 0 Å². The Labute approximate surface area is 113 Å². The zero-order valence-electron chi connectivity index (χ0n) is 11.1. The second-order valence-electron chi connectivity index (χ2n) is 4.51. The lowest BCUT2D eigenvalue weighted by Crippen LogP contribution is -2.32. The molecule has 0 amide bonds. The van der Waals surface area contributed by atoms with Gasteiger partial charge >= 0.3 is 0 Å². The maximum Gasteiger partial charge on any atom is 0.140 e. The van der Waals surface area contributed by atoms with Crippen LogP contribution in [0.25, 0.3) is 0 Å². The van der Waals surface area contributed by atoms with Crippen molar-refractivity contribution in [1.29, 1.82) is 0 Å². The molecule has 0 aliphatic heterocycles. The molecule has 4 heteroatoms. The van der Waals surface area contributed by atoms with Gasteiger partial charge in [0.15, 0.2) is 0 Å². The van der Waals surface area contributed by atoms with Crippen LogP contribution >= 0.6 is 15.9 Å². The molecule has 0 fully saturated rings. The van der Waals surface area contributed by atoms with Crippen LogP contribution in [0.2, 0.25) is 0 Å². The topological polar surface area (TPSA) is 28.2 Å². The Hall–Kier alpha value is -0.610. The zero-order valence-corrected chi connectivity index (χ0v) is 12.7. The summed E-state index contributed by atoms with van der Waals surface area (Å²) in [7, 11) is 2.16. The molecule has 3 nitrogen and oxygen atoms in total. The van der Waals surface area contributed by atoms with Gasteiger partial charge in [-0.3, -0.25) is 0 Å². The first kappa shape index (κ1) is 14.5. The molecule has 96 valence electrons. The Morgan fingerprint density at radius 3 is 2.82 bits per heavy atom. The maximum atomic E-state index is 4.36. The van der Waals surface area contributed by atoms with E-state index < -0.39 is 0 Å². The molecular weight excluding hydrogens is 278 g/mol. The average Bonchev–Trinajstić information content (AvgIpc) is 2.30. The number of aromatic nitrogens is 1. The lowest BCUT2D eigenvalue weighted by atomic mass is 10.2. The summed E-state index contributed by atoms with van der Waals surface area (Å²) in [5.74, 6) is 0.924. The van der Waals surface area contributed by atoms with Crippen molar-refractivity contribution in [2.45, 2.75) is 33.2 Å². The minimum atomic E-state index is 0.631. The van der Waals surface area contributed by atoms with E-state index in [1.807, 2.05) is 13.1 Å². The van der Waals surface area contributed by atoms with Gasteiger partial charge in [0.1, 0.15) is 5.82 Å². The summed E-state index contributed by atoms with van der Waals surface area (Å²) >= 11 is 3.52. The summed E-state index contributed by atoms with van der Waals surface area (Å²) in [6, 6.07) is 2.71. The zero-order chi connectivity index (χ0) is 12.8. The number of nitrogens with zero attached hydrogens (tertiary/aromatic N) is 2. The Kier molecular flexibility index (Phi) is 5.92. The molecule has 1 rings (SSSR count). The van der Waals surface area contributed by atoms with Crippen molar-refractivity contribution in [3.8, 4) is 0 Å². The molecular formula is C13H22BrN3. The van der Waals surface area contributed by atoms with Crippen LogP contribution in [0.15, 0.2) is 16.7 Å². The van der Waals surface area contributed by atoms with Crippen molar-refractivity contribution < 1.29 is 0 Å². The number of likely N-dealkylation sites (N-methyl/N-ethyl adjacent to an activating group) is 1. The van der Waals surface area contributed by atoms with Crippen LogP contribution in [0.4, 0.5) is 5.82 Å². The minimum Gasteiger partial charge on any atom is -0.368 e. The Bertz CT molecular complexity index is 355. The average molecular weight is 300 g/mol. The molecule has 1 N–H and O–H groups in total. The van der Waals surface area contributed by atoms with E-state index in [-0.39, 0.29) is 0 Å². The molecule has 0 saturated carbocycles. The monoisotopic (exact) mass is 299 g/mol. The fraction of sp³-hybridized carbons (Fsp3) is 0.615. The van der Waals surface area contributed by atoms with Crippen molar-refractivity contribution in [1.82, 2.24) is 9.88 Å². The van der Waals surface area contributed by atoms with Crippen LogP contribution in [-0.4, -0.2) is 36.1 Å². The Balaban J connectivity index is 2.40. The maximum absolute atomic E-state index is 4.36. The van der Waals surface area contributed by atoms with Gasteiger partial charge in [-0.15, -0.1) is 0 Å². The molecule has 0 bridgehead atoms. The van der Waals surface area contributed by atoms with Gasteiger partial charge in [0.05, 0.1) is 4.47 Å². The van der Waals surface area contributed by atoms with Crippen LogP contribution in [0.1, 0.15) is 25.8 Å². The summed E-state index contributed by atoms with van der Waals surface area (Å²) in [5.41, 5.74) is 1.17. The number of halogens is 1. The number of nitrogens with one attached hydrogen (secondary N) is 1. The summed E-state index contributed by atoms with van der Waals surface area (Å²) in [6.07, 6.45) is 3.06. The number of hydrogen-bond acceptors (Lipinski definition) is 3. The van der Waals surface area contributed by atoms with Crippen LogP contribution in [-0.2, 0) is 0 Å². The van der Waals surface area contributed by atoms with Crippen LogP contribution < -0.4 is 5.32 Å². The number of aryl methyl sites for hydroxylation is 1. The standard InChI is InChI=1S/C13H22BrN3/c1-5-11(3)17(4)7-6-15-13-12(14)8-10(2)9-16-13/h8-9,11H,5-7H2,1-4H3,(H,15,16). The van der Waals surface area contributed by atoms with Gasteiger partial charge in [-0.2, -0.15) is 0 Å². The molecule has 1 atom stereocenters. The van der Waals surface area contributed by atoms with Crippen molar-refractivity contribution in [3.05, 3.63) is 22.3 Å². The highest BCUT2D eigenvalue weighted by atomic mass is 79.9. The summed E-state index contributed by atoms with van der Waals surface area (Å²) in [6.45, 7) is 8.44. The van der Waals surface area contributed by atoms with Crippen molar-refractivity contribution in [2.75, 3.05) is 25.5 Å². The molecule has 0 aliphatic carbocycles. The molecule has 1 aromatic rings. The van der Waals surface area contributed by atoms with Crippen molar-refractivity contribution >= 4 is 21.7 Å². The lowest BCUT2D eigenvalue weighted by molar-refractivity contribution is 0.261. The van der Waals surface area contributed by atoms with E-state index in [4.69, 9.17) is 0 Å². The van der Waals surface area contributed by atoms with Gasteiger partial charge in [-0.25, -0.2) is 4.98 Å². The lowest BCUT2D eigenvalue weighted by Gasteiger charge is -2.23. The molecule has 0 spiro atoms. The normalized spacial score (nSPS) is 12.8. The first-order valence-corrected chi connectivity index (χ1v) is 6.90. The van der Waals surface area contributed by atoms with Crippen LogP contribution in [0, 0.1) is 6.92 Å². The summed E-state index contributed by atoms with van der Waals surface area (Å²) in [5, 5.41) is 3.35. The van der Waals surface area contributed by atoms with Crippen LogP contribution in [0.5, 0.6) is 0 Å². The first-order chi connectivity index (χ1) is 8.04. The molecule has 1 unspecified atom stereocenters. The van der Waals surface area contributed by atoms with E-state index in [0.29, 0.717) is 6.04 Å². The third-order valence-corrected chi connectivity index (χ3v) is 3.68. The highest BCUT2D eigenvalue weighted by Gasteiger charge is 2.06. The SMILES string of the molecule is CCC(C)N(C)CCNc1ncc(C)cc1Br. The quantitative estimate of drug-likeness (QED) is 0.874. The predicted octanol–water partition coefficient (Wildman–Crippen LogP) is 3.29. The van der Waals surface area contributed by atoms with Gasteiger partial charge in [-0.05, 0) is 54.9 Å². The van der Waals surface area contributed by atoms with Gasteiger partial charge in [-0.1, -0.05) is 6.92 Å². The van der Waals surface area contributed by atoms with E-state index in [0.717, 1.165) is 23.4 Å². The summed E-state index contributed by atoms with van der Waals surface area (Å²) < 4.78 is 1.03. The van der Waals surface area contributed by atoms with E-state index in [1.165, 1.54) is 12.0 Å². The molecule has 0 aliphatic rings. The molecule has 1 aromatic heterocycles. The van der Waals surface area contributed by atoms with Crippen LogP contribution in [0.3, 0.4) is 0 Å². The Morgan fingerprint density at radius 2 is 2.24 bits per heavy atom. The molecule has 0 radical (unpaired) electrons. The number of hydrogen-bond donors (Lipinski definition) is 1. The van der Waals surface area contributed by atoms with E-state index in [2.05, 4.69) is 58.1 Å². The second kappa shape index (κ2) is 6.97. The summed E-state index contributed by atoms with van der Waals surface area (Å²) in [4.78, 5) is 6.72. The third-order valence-electron chi connectivity index (χ3n) is 3.08. The first-order valence-electron chi connectivity index (χ1n) is 6.10. The highest BCUT2D eigenvalue weighted by molar-refractivity contribution is 9.10. The van der Waals surface area contributed by atoms with Crippen molar-refractivity contribution in [2.24, 2.45) is 0 Å². The molecule has 1 heterocycles. The number of pyridine rings is 1. The van der Waals surface area contributed by atoms with E-state index in [1.54, 1.807) is 0 Å². The van der Waals surface area contributed by atoms with Gasteiger partial charge < -0.3 is 10.2 Å². The van der Waals surface area contributed by atoms with E-state index >= 15 is 0 Å².